The standard InChI is InChI=1S/C24H35N/c1-20(2)25(21(3)4)18-12-11-17-24(23-15-9-6-10-16-23)19-22-13-7-5-8-14-22/h5-10,13-16,20-21,24H,11-12,17-19H2,1-4H3. The summed E-state index contributed by atoms with van der Waals surface area (Å²) in [6, 6.07) is 23.2. The van der Waals surface area contributed by atoms with E-state index in [4.69, 9.17) is 0 Å². The van der Waals surface area contributed by atoms with Gasteiger partial charge in [0.2, 0.25) is 0 Å². The lowest BCUT2D eigenvalue weighted by Gasteiger charge is -2.30. The third-order valence-corrected chi connectivity index (χ3v) is 5.14. The van der Waals surface area contributed by atoms with Crippen LogP contribution < -0.4 is 0 Å². The molecule has 136 valence electrons. The van der Waals surface area contributed by atoms with Gasteiger partial charge in [-0.05, 0) is 70.5 Å². The van der Waals surface area contributed by atoms with Crippen LogP contribution in [0.5, 0.6) is 0 Å². The first-order valence-corrected chi connectivity index (χ1v) is 9.92. The van der Waals surface area contributed by atoms with Crippen LogP contribution in [0, 0.1) is 0 Å². The summed E-state index contributed by atoms with van der Waals surface area (Å²) in [6.45, 7) is 10.4. The van der Waals surface area contributed by atoms with Crippen LogP contribution in [0.15, 0.2) is 60.7 Å². The van der Waals surface area contributed by atoms with Gasteiger partial charge in [0.1, 0.15) is 0 Å². The van der Waals surface area contributed by atoms with Gasteiger partial charge in [0.05, 0.1) is 0 Å². The molecule has 1 unspecified atom stereocenters. The first-order valence-electron chi connectivity index (χ1n) is 9.92. The van der Waals surface area contributed by atoms with Crippen LogP contribution in [-0.2, 0) is 6.42 Å². The van der Waals surface area contributed by atoms with Crippen LogP contribution in [0.4, 0.5) is 0 Å². The van der Waals surface area contributed by atoms with Crippen molar-refractivity contribution in [3.05, 3.63) is 71.8 Å². The molecule has 0 saturated heterocycles. The fourth-order valence-electron chi connectivity index (χ4n) is 3.81. The summed E-state index contributed by atoms with van der Waals surface area (Å²) in [5.41, 5.74) is 2.93. The van der Waals surface area contributed by atoms with E-state index in [0.29, 0.717) is 18.0 Å². The second-order valence-electron chi connectivity index (χ2n) is 7.72. The van der Waals surface area contributed by atoms with E-state index < -0.39 is 0 Å². The molecule has 0 radical (unpaired) electrons. The summed E-state index contributed by atoms with van der Waals surface area (Å²) in [5, 5.41) is 0. The van der Waals surface area contributed by atoms with E-state index >= 15 is 0 Å². The maximum Gasteiger partial charge on any atom is 0.00412 e. The van der Waals surface area contributed by atoms with Gasteiger partial charge in [-0.2, -0.15) is 0 Å². The Bertz CT molecular complexity index is 566. The Kier molecular flexibility index (Phi) is 8.21. The van der Waals surface area contributed by atoms with Crippen LogP contribution in [0.25, 0.3) is 0 Å². The molecule has 1 heteroatoms. The Morgan fingerprint density at radius 2 is 1.28 bits per heavy atom. The largest absolute Gasteiger partial charge is 0.299 e. The molecule has 0 heterocycles. The summed E-state index contributed by atoms with van der Waals surface area (Å²) in [5.74, 6) is 0.621. The van der Waals surface area contributed by atoms with Crippen molar-refractivity contribution < 1.29 is 0 Å². The topological polar surface area (TPSA) is 3.24 Å². The first-order chi connectivity index (χ1) is 12.1. The molecule has 0 saturated carbocycles. The molecule has 0 aromatic heterocycles. The highest BCUT2D eigenvalue weighted by molar-refractivity contribution is 5.24. The van der Waals surface area contributed by atoms with Gasteiger partial charge in [-0.25, -0.2) is 0 Å². The Balaban J connectivity index is 1.93. The lowest BCUT2D eigenvalue weighted by molar-refractivity contribution is 0.171. The molecule has 2 aromatic carbocycles. The monoisotopic (exact) mass is 337 g/mol. The Morgan fingerprint density at radius 1 is 0.720 bits per heavy atom. The van der Waals surface area contributed by atoms with Crippen molar-refractivity contribution in [1.29, 1.82) is 0 Å². The summed E-state index contributed by atoms with van der Waals surface area (Å²) < 4.78 is 0. The van der Waals surface area contributed by atoms with Crippen LogP contribution in [0.3, 0.4) is 0 Å². The molecule has 0 aliphatic carbocycles. The highest BCUT2D eigenvalue weighted by atomic mass is 15.2. The smallest absolute Gasteiger partial charge is 0.00412 e. The van der Waals surface area contributed by atoms with E-state index in [0.717, 1.165) is 6.42 Å². The van der Waals surface area contributed by atoms with E-state index in [1.54, 1.807) is 0 Å². The second kappa shape index (κ2) is 10.4. The molecule has 2 aromatic rings. The maximum atomic E-state index is 2.61. The predicted molar refractivity (Wildman–Crippen MR) is 110 cm³/mol. The van der Waals surface area contributed by atoms with Gasteiger partial charge < -0.3 is 0 Å². The molecule has 1 nitrogen and oxygen atoms in total. The number of hydrogen-bond donors (Lipinski definition) is 0. The lowest BCUT2D eigenvalue weighted by atomic mass is 9.88. The van der Waals surface area contributed by atoms with E-state index in [1.807, 2.05) is 0 Å². The molecule has 0 N–H and O–H groups in total. The highest BCUT2D eigenvalue weighted by Gasteiger charge is 2.15. The average Bonchev–Trinajstić information content (AvgIpc) is 2.61. The van der Waals surface area contributed by atoms with Gasteiger partial charge in [-0.1, -0.05) is 67.1 Å². The number of hydrogen-bond acceptors (Lipinski definition) is 1. The van der Waals surface area contributed by atoms with Gasteiger partial charge in [-0.15, -0.1) is 0 Å². The summed E-state index contributed by atoms with van der Waals surface area (Å²) in [7, 11) is 0. The van der Waals surface area contributed by atoms with Gasteiger partial charge >= 0.3 is 0 Å². The number of unbranched alkanes of at least 4 members (excludes halogenated alkanes) is 1. The van der Waals surface area contributed by atoms with Crippen molar-refractivity contribution >= 4 is 0 Å². The fourth-order valence-corrected chi connectivity index (χ4v) is 3.81. The van der Waals surface area contributed by atoms with Crippen molar-refractivity contribution in [2.24, 2.45) is 0 Å². The number of rotatable bonds is 10. The normalized spacial score (nSPS) is 12.9. The minimum absolute atomic E-state index is 0.621. The Hall–Kier alpha value is -1.60. The molecular weight excluding hydrogens is 302 g/mol. The first kappa shape index (κ1) is 19.7. The second-order valence-corrected chi connectivity index (χ2v) is 7.72. The van der Waals surface area contributed by atoms with Crippen LogP contribution >= 0.6 is 0 Å². The summed E-state index contributed by atoms with van der Waals surface area (Å²) in [6.07, 6.45) is 4.99. The zero-order chi connectivity index (χ0) is 18.1. The van der Waals surface area contributed by atoms with Crippen molar-refractivity contribution in [1.82, 2.24) is 4.90 Å². The predicted octanol–water partition coefficient (Wildman–Crippen LogP) is 6.30. The minimum atomic E-state index is 0.621. The molecule has 0 aliphatic heterocycles. The maximum absolute atomic E-state index is 2.61. The Morgan fingerprint density at radius 3 is 1.84 bits per heavy atom. The lowest BCUT2D eigenvalue weighted by Crippen LogP contribution is -2.37. The van der Waals surface area contributed by atoms with Gasteiger partial charge in [0.25, 0.3) is 0 Å². The molecule has 1 atom stereocenters. The van der Waals surface area contributed by atoms with Crippen LogP contribution in [0.2, 0.25) is 0 Å². The molecule has 25 heavy (non-hydrogen) atoms. The number of benzene rings is 2. The molecular formula is C24H35N. The fraction of sp³-hybridized carbons (Fsp3) is 0.500. The quantitative estimate of drug-likeness (QED) is 0.460. The van der Waals surface area contributed by atoms with E-state index in [9.17, 15) is 0 Å². The van der Waals surface area contributed by atoms with Gasteiger partial charge in [-0.3, -0.25) is 4.90 Å². The van der Waals surface area contributed by atoms with Gasteiger partial charge in [0, 0.05) is 12.1 Å². The summed E-state index contributed by atoms with van der Waals surface area (Å²) in [4.78, 5) is 2.61. The molecule has 2 rings (SSSR count). The van der Waals surface area contributed by atoms with E-state index in [2.05, 4.69) is 93.3 Å². The minimum Gasteiger partial charge on any atom is -0.299 e. The van der Waals surface area contributed by atoms with Crippen molar-refractivity contribution in [3.8, 4) is 0 Å². The zero-order valence-corrected chi connectivity index (χ0v) is 16.5. The van der Waals surface area contributed by atoms with Crippen LogP contribution in [0.1, 0.15) is 64.0 Å². The van der Waals surface area contributed by atoms with Crippen molar-refractivity contribution in [3.63, 3.8) is 0 Å². The molecule has 0 amide bonds. The third-order valence-electron chi connectivity index (χ3n) is 5.14. The molecule has 0 fully saturated rings. The van der Waals surface area contributed by atoms with Crippen molar-refractivity contribution in [2.45, 2.75) is 71.4 Å². The van der Waals surface area contributed by atoms with E-state index in [1.165, 1.54) is 36.9 Å². The molecule has 0 spiro atoms. The Labute approximate surface area is 155 Å². The summed E-state index contributed by atoms with van der Waals surface area (Å²) >= 11 is 0. The van der Waals surface area contributed by atoms with Crippen LogP contribution in [-0.4, -0.2) is 23.5 Å². The average molecular weight is 338 g/mol. The third kappa shape index (κ3) is 6.66. The highest BCUT2D eigenvalue weighted by Crippen LogP contribution is 2.26. The molecule has 0 aliphatic rings. The number of nitrogens with zero attached hydrogens (tertiary/aromatic N) is 1. The van der Waals surface area contributed by atoms with Crippen molar-refractivity contribution in [2.75, 3.05) is 6.54 Å². The SMILES string of the molecule is CC(C)N(CCCCC(Cc1ccccc1)c1ccccc1)C(C)C. The zero-order valence-electron chi connectivity index (χ0n) is 16.5. The molecule has 0 bridgehead atoms. The van der Waals surface area contributed by atoms with Gasteiger partial charge in [0.15, 0.2) is 0 Å². The van der Waals surface area contributed by atoms with E-state index in [-0.39, 0.29) is 0 Å².